The summed E-state index contributed by atoms with van der Waals surface area (Å²) in [6.07, 6.45) is 3.97. The Morgan fingerprint density at radius 2 is 2.00 bits per heavy atom. The van der Waals surface area contributed by atoms with E-state index in [9.17, 15) is 9.59 Å². The third kappa shape index (κ3) is 5.64. The van der Waals surface area contributed by atoms with Crippen molar-refractivity contribution in [2.24, 2.45) is 5.92 Å². The Hall–Kier alpha value is -1.92. The lowest BCUT2D eigenvalue weighted by Gasteiger charge is -2.08. The molecule has 94 valence electrons. The Labute approximate surface area is 99.6 Å². The van der Waals surface area contributed by atoms with E-state index in [1.807, 2.05) is 13.8 Å². The van der Waals surface area contributed by atoms with Crippen LogP contribution < -0.4 is 10.9 Å². The lowest BCUT2D eigenvalue weighted by Crippen LogP contribution is -2.43. The number of aromatic nitrogens is 3. The normalized spacial score (nSPS) is 10.3. The lowest BCUT2D eigenvalue weighted by molar-refractivity contribution is -0.129. The molecule has 0 radical (unpaired) electrons. The molecule has 2 amide bonds. The molecule has 2 N–H and O–H groups in total. The Balaban J connectivity index is 2.17. The Kier molecular flexibility index (Phi) is 5.12. The van der Waals surface area contributed by atoms with Gasteiger partial charge < -0.3 is 0 Å². The minimum Gasteiger partial charge on any atom is -0.273 e. The van der Waals surface area contributed by atoms with Crippen LogP contribution in [-0.2, 0) is 16.1 Å². The number of carbonyl (C=O) groups is 2. The molecule has 0 fully saturated rings. The van der Waals surface area contributed by atoms with Crippen LogP contribution >= 0.6 is 0 Å². The second-order valence-corrected chi connectivity index (χ2v) is 4.12. The van der Waals surface area contributed by atoms with E-state index in [2.05, 4.69) is 20.9 Å². The van der Waals surface area contributed by atoms with Crippen LogP contribution in [0.15, 0.2) is 12.7 Å². The molecule has 0 bridgehead atoms. The Morgan fingerprint density at radius 3 is 2.59 bits per heavy atom. The van der Waals surface area contributed by atoms with Crippen LogP contribution in [0, 0.1) is 5.92 Å². The van der Waals surface area contributed by atoms with E-state index in [0.29, 0.717) is 12.3 Å². The van der Waals surface area contributed by atoms with Crippen molar-refractivity contribution in [2.45, 2.75) is 33.2 Å². The van der Waals surface area contributed by atoms with Crippen LogP contribution in [0.2, 0.25) is 0 Å². The van der Waals surface area contributed by atoms with Crippen LogP contribution in [0.1, 0.15) is 26.7 Å². The predicted molar refractivity (Wildman–Crippen MR) is 60.4 cm³/mol. The van der Waals surface area contributed by atoms with E-state index >= 15 is 0 Å². The molecule has 17 heavy (non-hydrogen) atoms. The van der Waals surface area contributed by atoms with Crippen molar-refractivity contribution in [3.8, 4) is 0 Å². The maximum absolute atomic E-state index is 11.3. The van der Waals surface area contributed by atoms with Crippen molar-refractivity contribution in [1.29, 1.82) is 0 Å². The average molecular weight is 239 g/mol. The van der Waals surface area contributed by atoms with E-state index in [4.69, 9.17) is 0 Å². The topological polar surface area (TPSA) is 88.9 Å². The van der Waals surface area contributed by atoms with Gasteiger partial charge in [0.25, 0.3) is 5.91 Å². The number of nitrogens with one attached hydrogen (secondary N) is 2. The molecule has 0 saturated carbocycles. The molecule has 7 nitrogen and oxygen atoms in total. The fraction of sp³-hybridized carbons (Fsp3) is 0.600. The van der Waals surface area contributed by atoms with Crippen LogP contribution in [0.5, 0.6) is 0 Å². The molecule has 0 atom stereocenters. The second kappa shape index (κ2) is 6.62. The Bertz CT molecular complexity index is 361. The molecule has 1 aromatic rings. The van der Waals surface area contributed by atoms with Crippen molar-refractivity contribution in [1.82, 2.24) is 25.6 Å². The lowest BCUT2D eigenvalue weighted by atomic mass is 10.1. The molecule has 0 unspecified atom stereocenters. The SMILES string of the molecule is CC(C)CCC(=O)NNC(=O)Cn1cncn1. The first-order chi connectivity index (χ1) is 8.08. The number of hydrogen-bond donors (Lipinski definition) is 2. The zero-order valence-corrected chi connectivity index (χ0v) is 10.0. The van der Waals surface area contributed by atoms with Gasteiger partial charge in [0.05, 0.1) is 0 Å². The van der Waals surface area contributed by atoms with Gasteiger partial charge in [0, 0.05) is 6.42 Å². The largest absolute Gasteiger partial charge is 0.273 e. The van der Waals surface area contributed by atoms with E-state index < -0.39 is 0 Å². The minimum atomic E-state index is -0.339. The fourth-order valence-electron chi connectivity index (χ4n) is 1.12. The first-order valence-electron chi connectivity index (χ1n) is 5.48. The van der Waals surface area contributed by atoms with Gasteiger partial charge in [-0.15, -0.1) is 0 Å². The number of rotatable bonds is 5. The quantitative estimate of drug-likeness (QED) is 0.700. The van der Waals surface area contributed by atoms with Gasteiger partial charge in [-0.05, 0) is 12.3 Å². The van der Waals surface area contributed by atoms with Gasteiger partial charge in [-0.25, -0.2) is 9.67 Å². The van der Waals surface area contributed by atoms with Gasteiger partial charge in [0.1, 0.15) is 19.2 Å². The molecule has 1 heterocycles. The molecule has 1 aromatic heterocycles. The van der Waals surface area contributed by atoms with E-state index in [1.165, 1.54) is 17.3 Å². The number of hydrogen-bond acceptors (Lipinski definition) is 4. The zero-order valence-electron chi connectivity index (χ0n) is 10.0. The molecule has 0 aromatic carbocycles. The molecule has 0 aliphatic carbocycles. The number of carbonyl (C=O) groups excluding carboxylic acids is 2. The first kappa shape index (κ1) is 13.1. The minimum absolute atomic E-state index is 0.0322. The fourth-order valence-corrected chi connectivity index (χ4v) is 1.12. The molecular formula is C10H17N5O2. The van der Waals surface area contributed by atoms with Crippen molar-refractivity contribution in [3.05, 3.63) is 12.7 Å². The van der Waals surface area contributed by atoms with Gasteiger partial charge >= 0.3 is 0 Å². The van der Waals surface area contributed by atoms with Crippen LogP contribution in [-0.4, -0.2) is 26.6 Å². The summed E-state index contributed by atoms with van der Waals surface area (Å²) in [5, 5.41) is 3.77. The summed E-state index contributed by atoms with van der Waals surface area (Å²) < 4.78 is 1.37. The van der Waals surface area contributed by atoms with Crippen LogP contribution in [0.4, 0.5) is 0 Å². The second-order valence-electron chi connectivity index (χ2n) is 4.12. The summed E-state index contributed by atoms with van der Waals surface area (Å²) in [6, 6.07) is 0. The van der Waals surface area contributed by atoms with E-state index in [0.717, 1.165) is 6.42 Å². The van der Waals surface area contributed by atoms with E-state index in [1.54, 1.807) is 0 Å². The highest BCUT2D eigenvalue weighted by molar-refractivity contribution is 5.81. The van der Waals surface area contributed by atoms with Crippen molar-refractivity contribution < 1.29 is 9.59 Å². The number of nitrogens with zero attached hydrogens (tertiary/aromatic N) is 3. The summed E-state index contributed by atoms with van der Waals surface area (Å²) in [5.74, 6) is -0.0642. The third-order valence-electron chi connectivity index (χ3n) is 2.06. The Morgan fingerprint density at radius 1 is 1.29 bits per heavy atom. The molecule has 1 rings (SSSR count). The highest BCUT2D eigenvalue weighted by Crippen LogP contribution is 2.02. The molecular weight excluding hydrogens is 222 g/mol. The van der Waals surface area contributed by atoms with Gasteiger partial charge in [0.15, 0.2) is 0 Å². The smallest absolute Gasteiger partial charge is 0.260 e. The average Bonchev–Trinajstić information content (AvgIpc) is 2.76. The highest BCUT2D eigenvalue weighted by Gasteiger charge is 2.06. The summed E-state index contributed by atoms with van der Waals surface area (Å²) >= 11 is 0. The van der Waals surface area contributed by atoms with Gasteiger partial charge in [-0.3, -0.25) is 20.4 Å². The summed E-state index contributed by atoms with van der Waals surface area (Å²) in [5.41, 5.74) is 4.67. The molecule has 7 heteroatoms. The monoisotopic (exact) mass is 239 g/mol. The molecule has 0 saturated heterocycles. The zero-order chi connectivity index (χ0) is 12.7. The van der Waals surface area contributed by atoms with Gasteiger partial charge in [0.2, 0.25) is 5.91 Å². The molecule has 0 aliphatic heterocycles. The standard InChI is InChI=1S/C10H17N5O2/c1-8(2)3-4-9(16)13-14-10(17)5-15-7-11-6-12-15/h6-8H,3-5H2,1-2H3,(H,13,16)(H,14,17). The van der Waals surface area contributed by atoms with Gasteiger partial charge in [-0.2, -0.15) is 5.10 Å². The molecule has 0 spiro atoms. The third-order valence-corrected chi connectivity index (χ3v) is 2.06. The predicted octanol–water partition coefficient (Wildman–Crippen LogP) is -0.138. The highest BCUT2D eigenvalue weighted by atomic mass is 16.2. The van der Waals surface area contributed by atoms with Crippen LogP contribution in [0.25, 0.3) is 0 Å². The van der Waals surface area contributed by atoms with E-state index in [-0.39, 0.29) is 18.4 Å². The number of amides is 2. The van der Waals surface area contributed by atoms with Crippen molar-refractivity contribution >= 4 is 11.8 Å². The maximum atomic E-state index is 11.3. The maximum Gasteiger partial charge on any atom is 0.260 e. The summed E-state index contributed by atoms with van der Waals surface area (Å²) in [6.45, 7) is 4.11. The summed E-state index contributed by atoms with van der Waals surface area (Å²) in [4.78, 5) is 26.3. The molecule has 0 aliphatic rings. The van der Waals surface area contributed by atoms with Gasteiger partial charge in [-0.1, -0.05) is 13.8 Å². The first-order valence-corrected chi connectivity index (χ1v) is 5.48. The summed E-state index contributed by atoms with van der Waals surface area (Å²) in [7, 11) is 0. The van der Waals surface area contributed by atoms with Crippen LogP contribution in [0.3, 0.4) is 0 Å². The number of hydrazine groups is 1. The van der Waals surface area contributed by atoms with Crippen molar-refractivity contribution in [2.75, 3.05) is 0 Å². The van der Waals surface area contributed by atoms with Crippen molar-refractivity contribution in [3.63, 3.8) is 0 Å².